The van der Waals surface area contributed by atoms with E-state index in [1.807, 2.05) is 24.3 Å². The number of carbonyl (C=O) groups excluding carboxylic acids is 1. The molecule has 3 aromatic rings. The van der Waals surface area contributed by atoms with Crippen LogP contribution in [0.5, 0.6) is 0 Å². The molecule has 1 fully saturated rings. The van der Waals surface area contributed by atoms with Crippen molar-refractivity contribution in [2.75, 3.05) is 36.5 Å². The number of halogens is 3. The number of alkyl halides is 3. The van der Waals surface area contributed by atoms with E-state index >= 15 is 0 Å². The number of aromatic nitrogens is 1. The molecule has 33 heavy (non-hydrogen) atoms. The van der Waals surface area contributed by atoms with E-state index in [4.69, 9.17) is 4.74 Å². The van der Waals surface area contributed by atoms with Gasteiger partial charge in [-0.1, -0.05) is 18.2 Å². The molecule has 9 heteroatoms. The second kappa shape index (κ2) is 9.91. The molecule has 1 aliphatic rings. The molecule has 0 unspecified atom stereocenters. The first kappa shape index (κ1) is 22.6. The molecular formula is C24H23F3N4O2. The van der Waals surface area contributed by atoms with E-state index in [2.05, 4.69) is 20.5 Å². The summed E-state index contributed by atoms with van der Waals surface area (Å²) in [4.78, 5) is 19.1. The average Bonchev–Trinajstić information content (AvgIpc) is 2.83. The monoisotopic (exact) mass is 456 g/mol. The standard InChI is InChI=1S/C24H23F3N4O2/c25-24(26,27)18-4-1-3-17(15-18)16-28-23(32)21-5-2-6-22(30-21)29-19-7-9-20(10-8-19)31-11-13-33-14-12-31/h1-10,15H,11-14,16H2,(H,28,32)(H,29,30). The van der Waals surface area contributed by atoms with Gasteiger partial charge in [-0.05, 0) is 54.1 Å². The number of amides is 1. The summed E-state index contributed by atoms with van der Waals surface area (Å²) >= 11 is 0. The highest BCUT2D eigenvalue weighted by Gasteiger charge is 2.30. The Kier molecular flexibility index (Phi) is 6.79. The number of morpholine rings is 1. The summed E-state index contributed by atoms with van der Waals surface area (Å²) in [6.45, 7) is 3.10. The molecule has 1 amide bonds. The van der Waals surface area contributed by atoms with Crippen molar-refractivity contribution >= 4 is 23.1 Å². The second-order valence-corrected chi connectivity index (χ2v) is 7.56. The molecule has 2 heterocycles. The van der Waals surface area contributed by atoms with Crippen LogP contribution in [0.1, 0.15) is 21.6 Å². The summed E-state index contributed by atoms with van der Waals surface area (Å²) in [5.74, 6) is 0.0135. The number of benzene rings is 2. The van der Waals surface area contributed by atoms with Crippen LogP contribution in [0.4, 0.5) is 30.4 Å². The van der Waals surface area contributed by atoms with Crippen molar-refractivity contribution in [2.24, 2.45) is 0 Å². The molecule has 0 spiro atoms. The number of rotatable bonds is 6. The minimum absolute atomic E-state index is 0.0366. The van der Waals surface area contributed by atoms with E-state index < -0.39 is 17.6 Å². The largest absolute Gasteiger partial charge is 0.416 e. The van der Waals surface area contributed by atoms with Crippen LogP contribution in [0.15, 0.2) is 66.7 Å². The lowest BCUT2D eigenvalue weighted by atomic mass is 10.1. The molecule has 0 bridgehead atoms. The summed E-state index contributed by atoms with van der Waals surface area (Å²) in [6, 6.07) is 17.7. The molecule has 0 radical (unpaired) electrons. The van der Waals surface area contributed by atoms with Gasteiger partial charge in [0.1, 0.15) is 11.5 Å². The van der Waals surface area contributed by atoms with Crippen LogP contribution in [0.2, 0.25) is 0 Å². The van der Waals surface area contributed by atoms with Crippen molar-refractivity contribution in [1.82, 2.24) is 10.3 Å². The first-order chi connectivity index (χ1) is 15.9. The summed E-state index contributed by atoms with van der Waals surface area (Å²) < 4.78 is 44.0. The van der Waals surface area contributed by atoms with Crippen molar-refractivity contribution in [3.63, 3.8) is 0 Å². The fraction of sp³-hybridized carbons (Fsp3) is 0.250. The molecule has 4 rings (SSSR count). The van der Waals surface area contributed by atoms with Gasteiger partial charge in [0.2, 0.25) is 0 Å². The van der Waals surface area contributed by atoms with E-state index in [1.54, 1.807) is 18.2 Å². The van der Waals surface area contributed by atoms with Crippen molar-refractivity contribution < 1.29 is 22.7 Å². The second-order valence-electron chi connectivity index (χ2n) is 7.56. The van der Waals surface area contributed by atoms with Crippen LogP contribution >= 0.6 is 0 Å². The first-order valence-corrected chi connectivity index (χ1v) is 10.5. The Morgan fingerprint density at radius 3 is 2.45 bits per heavy atom. The fourth-order valence-corrected chi connectivity index (χ4v) is 3.49. The number of carbonyl (C=O) groups is 1. The van der Waals surface area contributed by atoms with Crippen molar-refractivity contribution in [2.45, 2.75) is 12.7 Å². The van der Waals surface area contributed by atoms with Crippen LogP contribution < -0.4 is 15.5 Å². The molecule has 1 aliphatic heterocycles. The molecule has 1 saturated heterocycles. The quantitative estimate of drug-likeness (QED) is 0.567. The molecule has 0 atom stereocenters. The number of nitrogens with one attached hydrogen (secondary N) is 2. The number of hydrogen-bond donors (Lipinski definition) is 2. The molecule has 172 valence electrons. The number of hydrogen-bond acceptors (Lipinski definition) is 5. The predicted molar refractivity (Wildman–Crippen MR) is 120 cm³/mol. The van der Waals surface area contributed by atoms with Gasteiger partial charge < -0.3 is 20.3 Å². The lowest BCUT2D eigenvalue weighted by molar-refractivity contribution is -0.137. The smallest absolute Gasteiger partial charge is 0.378 e. The number of nitrogens with zero attached hydrogens (tertiary/aromatic N) is 2. The third-order valence-electron chi connectivity index (χ3n) is 5.21. The molecular weight excluding hydrogens is 433 g/mol. The third-order valence-corrected chi connectivity index (χ3v) is 5.21. The summed E-state index contributed by atoms with van der Waals surface area (Å²) in [6.07, 6.45) is -4.43. The number of ether oxygens (including phenoxy) is 1. The van der Waals surface area contributed by atoms with Gasteiger partial charge in [-0.2, -0.15) is 13.2 Å². The Morgan fingerprint density at radius 2 is 1.73 bits per heavy atom. The SMILES string of the molecule is O=C(NCc1cccc(C(F)(F)F)c1)c1cccc(Nc2ccc(N3CCOCC3)cc2)n1. The maximum atomic E-state index is 12.9. The normalized spacial score (nSPS) is 14.1. The van der Waals surface area contributed by atoms with E-state index in [1.165, 1.54) is 12.1 Å². The Hall–Kier alpha value is -3.59. The molecule has 6 nitrogen and oxygen atoms in total. The highest BCUT2D eigenvalue weighted by molar-refractivity contribution is 5.92. The van der Waals surface area contributed by atoms with Crippen molar-refractivity contribution in [3.8, 4) is 0 Å². The lowest BCUT2D eigenvalue weighted by Crippen LogP contribution is -2.36. The average molecular weight is 456 g/mol. The maximum Gasteiger partial charge on any atom is 0.416 e. The summed E-state index contributed by atoms with van der Waals surface area (Å²) in [5, 5.41) is 5.78. The van der Waals surface area contributed by atoms with E-state index in [0.29, 0.717) is 24.6 Å². The zero-order valence-electron chi connectivity index (χ0n) is 17.7. The Labute approximate surface area is 189 Å². The maximum absolute atomic E-state index is 12.9. The summed E-state index contributed by atoms with van der Waals surface area (Å²) in [5.41, 5.74) is 1.70. The Bertz CT molecular complexity index is 1100. The molecule has 1 aromatic heterocycles. The van der Waals surface area contributed by atoms with Gasteiger partial charge in [0.25, 0.3) is 5.91 Å². The van der Waals surface area contributed by atoms with Crippen LogP contribution in [0, 0.1) is 0 Å². The van der Waals surface area contributed by atoms with Gasteiger partial charge in [-0.15, -0.1) is 0 Å². The van der Waals surface area contributed by atoms with Gasteiger partial charge in [0, 0.05) is 31.0 Å². The van der Waals surface area contributed by atoms with Gasteiger partial charge in [-0.25, -0.2) is 4.98 Å². The van der Waals surface area contributed by atoms with Gasteiger partial charge in [-0.3, -0.25) is 4.79 Å². The predicted octanol–water partition coefficient (Wildman–Crippen LogP) is 4.61. The zero-order chi connectivity index (χ0) is 23.3. The Morgan fingerprint density at radius 1 is 1.00 bits per heavy atom. The van der Waals surface area contributed by atoms with Gasteiger partial charge in [0.05, 0.1) is 18.8 Å². The van der Waals surface area contributed by atoms with Crippen LogP contribution in [0.3, 0.4) is 0 Å². The van der Waals surface area contributed by atoms with Gasteiger partial charge >= 0.3 is 6.18 Å². The lowest BCUT2D eigenvalue weighted by Gasteiger charge is -2.28. The van der Waals surface area contributed by atoms with Crippen molar-refractivity contribution in [1.29, 1.82) is 0 Å². The highest BCUT2D eigenvalue weighted by Crippen LogP contribution is 2.29. The fourth-order valence-electron chi connectivity index (χ4n) is 3.49. The number of pyridine rings is 1. The van der Waals surface area contributed by atoms with Crippen molar-refractivity contribution in [3.05, 3.63) is 83.6 Å². The molecule has 0 saturated carbocycles. The van der Waals surface area contributed by atoms with Crippen LogP contribution in [0.25, 0.3) is 0 Å². The van der Waals surface area contributed by atoms with E-state index in [9.17, 15) is 18.0 Å². The van der Waals surface area contributed by atoms with Crippen LogP contribution in [-0.2, 0) is 17.5 Å². The minimum Gasteiger partial charge on any atom is -0.378 e. The molecule has 0 aliphatic carbocycles. The van der Waals surface area contributed by atoms with Crippen LogP contribution in [-0.4, -0.2) is 37.2 Å². The highest BCUT2D eigenvalue weighted by atomic mass is 19.4. The van der Waals surface area contributed by atoms with E-state index in [-0.39, 0.29) is 12.2 Å². The minimum atomic E-state index is -4.43. The Balaban J connectivity index is 1.37. The summed E-state index contributed by atoms with van der Waals surface area (Å²) in [7, 11) is 0. The molecule has 2 N–H and O–H groups in total. The third kappa shape index (κ3) is 6.01. The first-order valence-electron chi connectivity index (χ1n) is 10.5. The zero-order valence-corrected chi connectivity index (χ0v) is 17.7. The van der Waals surface area contributed by atoms with E-state index in [0.717, 1.165) is 36.6 Å². The van der Waals surface area contributed by atoms with Gasteiger partial charge in [0.15, 0.2) is 0 Å². The molecule has 2 aromatic carbocycles. The number of anilines is 3. The topological polar surface area (TPSA) is 66.5 Å².